The number of benzene rings is 1. The molecule has 1 aromatic carbocycles. The van der Waals surface area contributed by atoms with Crippen molar-refractivity contribution in [1.29, 1.82) is 0 Å². The zero-order valence-electron chi connectivity index (χ0n) is 9.07. The Kier molecular flexibility index (Phi) is 3.19. The van der Waals surface area contributed by atoms with E-state index in [4.69, 9.17) is 5.11 Å². The van der Waals surface area contributed by atoms with Crippen molar-refractivity contribution in [3.05, 3.63) is 34.3 Å². The minimum absolute atomic E-state index is 0.501. The predicted octanol–water partition coefficient (Wildman–Crippen LogP) is 2.03. The Hall–Kier alpha value is -1.36. The summed E-state index contributed by atoms with van der Waals surface area (Å²) in [6.45, 7) is 0. The number of halogens is 1. The van der Waals surface area contributed by atoms with E-state index in [1.54, 1.807) is 0 Å². The average molecular weight is 298 g/mol. The number of hydrogen-bond acceptors (Lipinski definition) is 2. The molecule has 1 saturated carbocycles. The number of amides is 1. The lowest BCUT2D eigenvalue weighted by molar-refractivity contribution is -0.151. The second-order valence-electron chi connectivity index (χ2n) is 4.21. The molecule has 1 amide bonds. The second kappa shape index (κ2) is 4.49. The van der Waals surface area contributed by atoms with Crippen LogP contribution < -0.4 is 5.32 Å². The molecule has 4 nitrogen and oxygen atoms in total. The maximum atomic E-state index is 11.3. The van der Waals surface area contributed by atoms with Crippen LogP contribution in [0.25, 0.3) is 0 Å². The van der Waals surface area contributed by atoms with Crippen molar-refractivity contribution in [2.24, 2.45) is 0 Å². The van der Waals surface area contributed by atoms with Crippen LogP contribution in [0.4, 0.5) is 0 Å². The summed E-state index contributed by atoms with van der Waals surface area (Å²) in [7, 11) is 0. The Morgan fingerprint density at radius 2 is 2.06 bits per heavy atom. The van der Waals surface area contributed by atoms with Gasteiger partial charge in [0.15, 0.2) is 0 Å². The summed E-state index contributed by atoms with van der Waals surface area (Å²) >= 11 is 3.37. The SMILES string of the molecule is O=C(O)C(=O)NC1(c2cccc(Br)c2)CCC1. The number of nitrogens with one attached hydrogen (secondary N) is 1. The highest BCUT2D eigenvalue weighted by Gasteiger charge is 2.41. The van der Waals surface area contributed by atoms with Gasteiger partial charge in [-0.1, -0.05) is 28.1 Å². The first-order chi connectivity index (χ1) is 8.03. The molecular formula is C12H12BrNO3. The van der Waals surface area contributed by atoms with Gasteiger partial charge in [0.2, 0.25) is 0 Å². The maximum absolute atomic E-state index is 11.3. The normalized spacial score (nSPS) is 17.0. The summed E-state index contributed by atoms with van der Waals surface area (Å²) in [4.78, 5) is 21.9. The third-order valence-electron chi connectivity index (χ3n) is 3.13. The number of rotatable bonds is 2. The van der Waals surface area contributed by atoms with Gasteiger partial charge in [-0.3, -0.25) is 4.79 Å². The summed E-state index contributed by atoms with van der Waals surface area (Å²) < 4.78 is 0.922. The smallest absolute Gasteiger partial charge is 0.394 e. The van der Waals surface area contributed by atoms with Crippen LogP contribution in [0.15, 0.2) is 28.7 Å². The zero-order chi connectivity index (χ0) is 12.5. The molecule has 0 saturated heterocycles. The molecule has 0 unspecified atom stereocenters. The molecule has 0 spiro atoms. The molecule has 1 aliphatic rings. The Morgan fingerprint density at radius 1 is 1.35 bits per heavy atom. The van der Waals surface area contributed by atoms with Crippen LogP contribution in [0.5, 0.6) is 0 Å². The molecule has 1 fully saturated rings. The van der Waals surface area contributed by atoms with E-state index >= 15 is 0 Å². The van der Waals surface area contributed by atoms with Gasteiger partial charge >= 0.3 is 11.9 Å². The molecular weight excluding hydrogens is 286 g/mol. The van der Waals surface area contributed by atoms with Crippen molar-refractivity contribution in [3.63, 3.8) is 0 Å². The van der Waals surface area contributed by atoms with E-state index in [1.807, 2.05) is 24.3 Å². The molecule has 5 heteroatoms. The fraction of sp³-hybridized carbons (Fsp3) is 0.333. The minimum atomic E-state index is -1.44. The molecule has 0 radical (unpaired) electrons. The van der Waals surface area contributed by atoms with Gasteiger partial charge in [-0.05, 0) is 37.0 Å². The first kappa shape index (κ1) is 12.1. The summed E-state index contributed by atoms with van der Waals surface area (Å²) in [6, 6.07) is 7.61. The van der Waals surface area contributed by atoms with E-state index in [9.17, 15) is 9.59 Å². The van der Waals surface area contributed by atoms with Gasteiger partial charge in [0.05, 0.1) is 5.54 Å². The number of carbonyl (C=O) groups excluding carboxylic acids is 1. The van der Waals surface area contributed by atoms with Gasteiger partial charge in [-0.2, -0.15) is 0 Å². The van der Waals surface area contributed by atoms with Crippen molar-refractivity contribution in [1.82, 2.24) is 5.32 Å². The Balaban J connectivity index is 2.26. The van der Waals surface area contributed by atoms with E-state index < -0.39 is 17.4 Å². The molecule has 1 aliphatic carbocycles. The van der Waals surface area contributed by atoms with E-state index in [1.165, 1.54) is 0 Å². The highest BCUT2D eigenvalue weighted by Crippen LogP contribution is 2.41. The van der Waals surface area contributed by atoms with Gasteiger partial charge in [-0.15, -0.1) is 0 Å². The number of hydrogen-bond donors (Lipinski definition) is 2. The zero-order valence-corrected chi connectivity index (χ0v) is 10.7. The molecule has 1 aromatic rings. The molecule has 0 aromatic heterocycles. The van der Waals surface area contributed by atoms with E-state index in [0.29, 0.717) is 0 Å². The van der Waals surface area contributed by atoms with E-state index in [0.717, 1.165) is 29.3 Å². The van der Waals surface area contributed by atoms with E-state index in [2.05, 4.69) is 21.2 Å². The largest absolute Gasteiger partial charge is 0.474 e. The third kappa shape index (κ3) is 2.34. The van der Waals surface area contributed by atoms with Crippen LogP contribution in [-0.4, -0.2) is 17.0 Å². The van der Waals surface area contributed by atoms with Crippen molar-refractivity contribution in [3.8, 4) is 0 Å². The second-order valence-corrected chi connectivity index (χ2v) is 5.12. The summed E-state index contributed by atoms with van der Waals surface area (Å²) in [5, 5.41) is 11.3. The standard InChI is InChI=1S/C12H12BrNO3/c13-9-4-1-3-8(7-9)12(5-2-6-12)14-10(15)11(16)17/h1,3-4,7H,2,5-6H2,(H,14,15)(H,16,17). The molecule has 0 heterocycles. The Bertz CT molecular complexity index is 469. The van der Waals surface area contributed by atoms with Crippen molar-refractivity contribution < 1.29 is 14.7 Å². The number of carboxylic acids is 1. The van der Waals surface area contributed by atoms with Crippen molar-refractivity contribution in [2.45, 2.75) is 24.8 Å². The van der Waals surface area contributed by atoms with Crippen molar-refractivity contribution >= 4 is 27.8 Å². The molecule has 17 heavy (non-hydrogen) atoms. The highest BCUT2D eigenvalue weighted by molar-refractivity contribution is 9.10. The Labute approximate surface area is 107 Å². The van der Waals surface area contributed by atoms with Gasteiger partial charge in [0, 0.05) is 4.47 Å². The third-order valence-corrected chi connectivity index (χ3v) is 3.62. The van der Waals surface area contributed by atoms with Crippen LogP contribution in [0, 0.1) is 0 Å². The van der Waals surface area contributed by atoms with Crippen molar-refractivity contribution in [2.75, 3.05) is 0 Å². The fourth-order valence-corrected chi connectivity index (χ4v) is 2.47. The molecule has 2 rings (SSSR count). The summed E-state index contributed by atoms with van der Waals surface area (Å²) in [5.74, 6) is -2.38. The first-order valence-corrected chi connectivity index (χ1v) is 6.14. The Morgan fingerprint density at radius 3 is 2.53 bits per heavy atom. The predicted molar refractivity (Wildman–Crippen MR) is 65.4 cm³/mol. The molecule has 0 atom stereocenters. The lowest BCUT2D eigenvalue weighted by atomic mass is 9.72. The topological polar surface area (TPSA) is 66.4 Å². The van der Waals surface area contributed by atoms with Crippen LogP contribution >= 0.6 is 15.9 Å². The number of aliphatic carboxylic acids is 1. The highest BCUT2D eigenvalue weighted by atomic mass is 79.9. The van der Waals surface area contributed by atoms with Crippen LogP contribution in [-0.2, 0) is 15.1 Å². The number of carboxylic acid groups (broad SMARTS) is 1. The molecule has 90 valence electrons. The molecule has 2 N–H and O–H groups in total. The van der Waals surface area contributed by atoms with Gasteiger partial charge in [0.1, 0.15) is 0 Å². The minimum Gasteiger partial charge on any atom is -0.474 e. The van der Waals surface area contributed by atoms with Gasteiger partial charge in [0.25, 0.3) is 0 Å². The summed E-state index contributed by atoms with van der Waals surface area (Å²) in [5.41, 5.74) is 0.451. The summed E-state index contributed by atoms with van der Waals surface area (Å²) in [6.07, 6.45) is 2.55. The molecule has 0 aliphatic heterocycles. The van der Waals surface area contributed by atoms with Gasteiger partial charge < -0.3 is 10.4 Å². The monoisotopic (exact) mass is 297 g/mol. The average Bonchev–Trinajstić information content (AvgIpc) is 2.22. The molecule has 0 bridgehead atoms. The fourth-order valence-electron chi connectivity index (χ4n) is 2.07. The first-order valence-electron chi connectivity index (χ1n) is 5.35. The van der Waals surface area contributed by atoms with E-state index in [-0.39, 0.29) is 0 Å². The quantitative estimate of drug-likeness (QED) is 0.821. The lowest BCUT2D eigenvalue weighted by Crippen LogP contribution is -2.52. The van der Waals surface area contributed by atoms with Crippen LogP contribution in [0.1, 0.15) is 24.8 Å². The number of carbonyl (C=O) groups is 2. The van der Waals surface area contributed by atoms with Crippen LogP contribution in [0.2, 0.25) is 0 Å². The lowest BCUT2D eigenvalue weighted by Gasteiger charge is -2.42. The van der Waals surface area contributed by atoms with Gasteiger partial charge in [-0.25, -0.2) is 4.79 Å². The maximum Gasteiger partial charge on any atom is 0.394 e. The van der Waals surface area contributed by atoms with Crippen LogP contribution in [0.3, 0.4) is 0 Å².